The molecule has 0 aromatic carbocycles. The van der Waals surface area contributed by atoms with E-state index in [9.17, 15) is 5.11 Å². The molecule has 2 heterocycles. The molecule has 1 aromatic rings. The molecule has 0 radical (unpaired) electrons. The van der Waals surface area contributed by atoms with E-state index in [1.165, 1.54) is 37.1 Å². The van der Waals surface area contributed by atoms with Gasteiger partial charge in [0.15, 0.2) is 0 Å². The Hall–Kier alpha value is -0.910. The molecule has 0 spiro atoms. The minimum Gasteiger partial charge on any atom is -0.396 e. The topological polar surface area (TPSA) is 55.4 Å². The largest absolute Gasteiger partial charge is 0.396 e. The van der Waals surface area contributed by atoms with Crippen molar-refractivity contribution >= 4 is 0 Å². The van der Waals surface area contributed by atoms with E-state index >= 15 is 0 Å². The van der Waals surface area contributed by atoms with E-state index in [2.05, 4.69) is 39.9 Å². The van der Waals surface area contributed by atoms with Crippen LogP contribution in [0.15, 0.2) is 6.07 Å². The van der Waals surface area contributed by atoms with Gasteiger partial charge >= 0.3 is 0 Å². The minimum absolute atomic E-state index is 0.296. The summed E-state index contributed by atoms with van der Waals surface area (Å²) in [7, 11) is 0. The second-order valence-electron chi connectivity index (χ2n) is 8.06. The number of piperazine rings is 1. The Morgan fingerprint density at radius 1 is 1.29 bits per heavy atom. The normalized spacial score (nSPS) is 24.2. The summed E-state index contributed by atoms with van der Waals surface area (Å²) in [5, 5.41) is 17.2. The van der Waals surface area contributed by atoms with E-state index in [0.717, 1.165) is 45.1 Å². The number of hydrogen-bond acceptors (Lipinski definition) is 4. The molecular weight excluding hydrogens is 300 g/mol. The summed E-state index contributed by atoms with van der Waals surface area (Å²) in [6.45, 7) is 9.04. The molecule has 5 nitrogen and oxygen atoms in total. The number of aromatic amines is 1. The molecular formula is C19H34N4O. The minimum atomic E-state index is 0.296. The van der Waals surface area contributed by atoms with Gasteiger partial charge in [-0.05, 0) is 37.7 Å². The van der Waals surface area contributed by atoms with Crippen molar-refractivity contribution in [1.82, 2.24) is 20.0 Å². The molecule has 3 rings (SSSR count). The standard InChI is InChI=1S/C19H34N4O/c1-15(2)11-16-12-17(21-20-16)13-22-8-9-23(18-5-3-4-6-18)19(14-22)7-10-24/h12,15,18-19,24H,3-11,13-14H2,1-2H3,(H,20,21). The third-order valence-electron chi connectivity index (χ3n) is 5.56. The number of aromatic nitrogens is 2. The van der Waals surface area contributed by atoms with Crippen LogP contribution >= 0.6 is 0 Å². The van der Waals surface area contributed by atoms with Crippen molar-refractivity contribution < 1.29 is 5.11 Å². The quantitative estimate of drug-likeness (QED) is 0.804. The van der Waals surface area contributed by atoms with Crippen LogP contribution in [0.3, 0.4) is 0 Å². The second-order valence-corrected chi connectivity index (χ2v) is 8.06. The maximum Gasteiger partial charge on any atom is 0.0628 e. The maximum atomic E-state index is 9.48. The molecule has 24 heavy (non-hydrogen) atoms. The van der Waals surface area contributed by atoms with E-state index < -0.39 is 0 Å². The Morgan fingerprint density at radius 3 is 2.79 bits per heavy atom. The lowest BCUT2D eigenvalue weighted by Crippen LogP contribution is -2.56. The monoisotopic (exact) mass is 334 g/mol. The predicted octanol–water partition coefficient (Wildman–Crippen LogP) is 2.42. The first-order valence-corrected chi connectivity index (χ1v) is 9.78. The van der Waals surface area contributed by atoms with Crippen LogP contribution in [0.1, 0.15) is 57.3 Å². The summed E-state index contributed by atoms with van der Waals surface area (Å²) < 4.78 is 0. The third kappa shape index (κ3) is 4.58. The van der Waals surface area contributed by atoms with Crippen molar-refractivity contribution in [3.63, 3.8) is 0 Å². The molecule has 0 bridgehead atoms. The van der Waals surface area contributed by atoms with Crippen molar-refractivity contribution in [1.29, 1.82) is 0 Å². The number of aliphatic hydroxyl groups excluding tert-OH is 1. The summed E-state index contributed by atoms with van der Waals surface area (Å²) >= 11 is 0. The predicted molar refractivity (Wildman–Crippen MR) is 96.9 cm³/mol. The lowest BCUT2D eigenvalue weighted by Gasteiger charge is -2.44. The third-order valence-corrected chi connectivity index (χ3v) is 5.56. The summed E-state index contributed by atoms with van der Waals surface area (Å²) in [6.07, 6.45) is 7.39. The number of aliphatic hydroxyl groups is 1. The SMILES string of the molecule is CC(C)Cc1cc(CN2CCN(C3CCCC3)C(CCO)C2)[nH]n1. The Balaban J connectivity index is 1.56. The molecule has 0 amide bonds. The fourth-order valence-electron chi connectivity index (χ4n) is 4.45. The van der Waals surface area contributed by atoms with Crippen LogP contribution in [0.5, 0.6) is 0 Å². The molecule has 1 atom stereocenters. The maximum absolute atomic E-state index is 9.48. The fraction of sp³-hybridized carbons (Fsp3) is 0.842. The van der Waals surface area contributed by atoms with Gasteiger partial charge in [-0.2, -0.15) is 5.10 Å². The molecule has 2 fully saturated rings. The summed E-state index contributed by atoms with van der Waals surface area (Å²) in [6, 6.07) is 3.49. The Bertz CT molecular complexity index is 495. The summed E-state index contributed by atoms with van der Waals surface area (Å²) in [5.74, 6) is 0.644. The van der Waals surface area contributed by atoms with E-state index in [0.29, 0.717) is 18.6 Å². The van der Waals surface area contributed by atoms with E-state index in [1.54, 1.807) is 0 Å². The Morgan fingerprint density at radius 2 is 2.08 bits per heavy atom. The van der Waals surface area contributed by atoms with E-state index in [4.69, 9.17) is 0 Å². The molecule has 1 aliphatic heterocycles. The molecule has 2 N–H and O–H groups in total. The summed E-state index contributed by atoms with van der Waals surface area (Å²) in [5.41, 5.74) is 2.40. The molecule has 1 aliphatic carbocycles. The van der Waals surface area contributed by atoms with Gasteiger partial charge in [0.05, 0.1) is 5.69 Å². The van der Waals surface area contributed by atoms with Gasteiger partial charge in [-0.25, -0.2) is 0 Å². The van der Waals surface area contributed by atoms with Crippen LogP contribution in [-0.4, -0.2) is 63.4 Å². The van der Waals surface area contributed by atoms with Gasteiger partial charge in [0.2, 0.25) is 0 Å². The average molecular weight is 335 g/mol. The number of H-pyrrole nitrogens is 1. The highest BCUT2D eigenvalue weighted by Crippen LogP contribution is 2.28. The van der Waals surface area contributed by atoms with Gasteiger partial charge in [-0.15, -0.1) is 0 Å². The molecule has 2 aliphatic rings. The van der Waals surface area contributed by atoms with Gasteiger partial charge in [0, 0.05) is 50.6 Å². The average Bonchev–Trinajstić information content (AvgIpc) is 3.20. The van der Waals surface area contributed by atoms with Crippen LogP contribution in [0.2, 0.25) is 0 Å². The lowest BCUT2D eigenvalue weighted by molar-refractivity contribution is 0.0263. The first-order chi connectivity index (χ1) is 11.7. The zero-order valence-electron chi connectivity index (χ0n) is 15.4. The highest BCUT2D eigenvalue weighted by Gasteiger charge is 2.33. The lowest BCUT2D eigenvalue weighted by atomic mass is 10.0. The molecule has 1 aromatic heterocycles. The van der Waals surface area contributed by atoms with Gasteiger partial charge in [0.1, 0.15) is 0 Å². The first kappa shape index (κ1) is 17.9. The smallest absolute Gasteiger partial charge is 0.0628 e. The van der Waals surface area contributed by atoms with Gasteiger partial charge < -0.3 is 5.11 Å². The fourth-order valence-corrected chi connectivity index (χ4v) is 4.45. The van der Waals surface area contributed by atoms with Crippen molar-refractivity contribution in [3.8, 4) is 0 Å². The van der Waals surface area contributed by atoms with Gasteiger partial charge in [-0.3, -0.25) is 14.9 Å². The molecule has 1 unspecified atom stereocenters. The van der Waals surface area contributed by atoms with E-state index in [1.807, 2.05) is 0 Å². The highest BCUT2D eigenvalue weighted by molar-refractivity contribution is 5.09. The highest BCUT2D eigenvalue weighted by atomic mass is 16.3. The van der Waals surface area contributed by atoms with Crippen LogP contribution in [0, 0.1) is 5.92 Å². The van der Waals surface area contributed by atoms with Crippen LogP contribution in [-0.2, 0) is 13.0 Å². The summed E-state index contributed by atoms with van der Waals surface area (Å²) in [4.78, 5) is 5.22. The molecule has 1 saturated heterocycles. The number of hydrogen-bond donors (Lipinski definition) is 2. The van der Waals surface area contributed by atoms with Crippen LogP contribution < -0.4 is 0 Å². The van der Waals surface area contributed by atoms with Crippen molar-refractivity contribution in [2.24, 2.45) is 5.92 Å². The number of nitrogens with one attached hydrogen (secondary N) is 1. The molecule has 1 saturated carbocycles. The van der Waals surface area contributed by atoms with Crippen LogP contribution in [0.25, 0.3) is 0 Å². The zero-order valence-corrected chi connectivity index (χ0v) is 15.4. The van der Waals surface area contributed by atoms with Gasteiger partial charge in [0.25, 0.3) is 0 Å². The second kappa shape index (κ2) is 8.45. The van der Waals surface area contributed by atoms with Crippen molar-refractivity contribution in [2.75, 3.05) is 26.2 Å². The molecule has 5 heteroatoms. The number of rotatable bonds is 7. The Kier molecular flexibility index (Phi) is 6.31. The van der Waals surface area contributed by atoms with E-state index in [-0.39, 0.29) is 0 Å². The van der Waals surface area contributed by atoms with Crippen molar-refractivity contribution in [3.05, 3.63) is 17.5 Å². The van der Waals surface area contributed by atoms with Crippen molar-refractivity contribution in [2.45, 2.75) is 71.0 Å². The molecule has 136 valence electrons. The first-order valence-electron chi connectivity index (χ1n) is 9.78. The Labute approximate surface area is 146 Å². The number of nitrogens with zero attached hydrogens (tertiary/aromatic N) is 3. The van der Waals surface area contributed by atoms with Gasteiger partial charge in [-0.1, -0.05) is 26.7 Å². The van der Waals surface area contributed by atoms with Crippen LogP contribution in [0.4, 0.5) is 0 Å². The zero-order chi connectivity index (χ0) is 16.9.